The minimum Gasteiger partial charge on any atom is -0.376 e. The van der Waals surface area contributed by atoms with Gasteiger partial charge in [-0.2, -0.15) is 0 Å². The van der Waals surface area contributed by atoms with Crippen LogP contribution in [0.4, 0.5) is 10.8 Å². The second kappa shape index (κ2) is 6.06. The van der Waals surface area contributed by atoms with Crippen molar-refractivity contribution >= 4 is 54.2 Å². The Hall–Kier alpha value is -1.92. The van der Waals surface area contributed by atoms with Crippen molar-refractivity contribution in [1.82, 2.24) is 4.98 Å². The summed E-state index contributed by atoms with van der Waals surface area (Å²) in [7, 11) is 3.99. The van der Waals surface area contributed by atoms with E-state index in [1.807, 2.05) is 49.3 Å². The molecule has 4 nitrogen and oxygen atoms in total. The molecule has 0 radical (unpaired) electrons. The molecule has 0 saturated carbocycles. The molecule has 2 aromatic carbocycles. The summed E-state index contributed by atoms with van der Waals surface area (Å²) in [6.45, 7) is 0. The monoisotopic (exact) mass is 375 g/mol. The Bertz CT molecular complexity index is 827. The number of aromatic nitrogens is 1. The summed E-state index contributed by atoms with van der Waals surface area (Å²) in [6.07, 6.45) is 0. The zero-order chi connectivity index (χ0) is 15.7. The van der Waals surface area contributed by atoms with Gasteiger partial charge in [-0.25, -0.2) is 4.98 Å². The van der Waals surface area contributed by atoms with Crippen molar-refractivity contribution < 1.29 is 4.79 Å². The molecule has 0 aliphatic rings. The predicted octanol–water partition coefficient (Wildman–Crippen LogP) is 4.38. The van der Waals surface area contributed by atoms with E-state index in [0.29, 0.717) is 10.7 Å². The van der Waals surface area contributed by atoms with E-state index in [1.54, 1.807) is 12.1 Å². The van der Waals surface area contributed by atoms with Crippen LogP contribution in [0.15, 0.2) is 46.9 Å². The maximum atomic E-state index is 12.3. The molecule has 1 heterocycles. The first kappa shape index (κ1) is 15.0. The lowest BCUT2D eigenvalue weighted by Crippen LogP contribution is -2.11. The number of fused-ring (bicyclic) bond motifs is 1. The molecule has 0 unspecified atom stereocenters. The van der Waals surface area contributed by atoms with Gasteiger partial charge in [-0.15, -0.1) is 0 Å². The van der Waals surface area contributed by atoms with Crippen LogP contribution < -0.4 is 10.2 Å². The third kappa shape index (κ3) is 2.98. The zero-order valence-electron chi connectivity index (χ0n) is 12.1. The molecule has 0 bridgehead atoms. The first-order valence-corrected chi connectivity index (χ1v) is 8.29. The highest BCUT2D eigenvalue weighted by molar-refractivity contribution is 9.10. The first-order chi connectivity index (χ1) is 10.5. The number of thiazole rings is 1. The summed E-state index contributed by atoms with van der Waals surface area (Å²) >= 11 is 4.84. The number of hydrogen-bond donors (Lipinski definition) is 1. The van der Waals surface area contributed by atoms with Crippen molar-refractivity contribution in [2.45, 2.75) is 0 Å². The fraction of sp³-hybridized carbons (Fsp3) is 0.125. The maximum absolute atomic E-state index is 12.3. The Morgan fingerprint density at radius 2 is 1.91 bits per heavy atom. The third-order valence-corrected chi connectivity index (χ3v) is 4.74. The fourth-order valence-corrected chi connectivity index (χ4v) is 3.43. The van der Waals surface area contributed by atoms with Crippen LogP contribution >= 0.6 is 27.3 Å². The van der Waals surface area contributed by atoms with Gasteiger partial charge in [0, 0.05) is 24.1 Å². The van der Waals surface area contributed by atoms with E-state index in [2.05, 4.69) is 26.2 Å². The predicted molar refractivity (Wildman–Crippen MR) is 96.0 cm³/mol. The lowest BCUT2D eigenvalue weighted by Gasteiger charge is -2.12. The summed E-state index contributed by atoms with van der Waals surface area (Å²) in [6, 6.07) is 13.2. The van der Waals surface area contributed by atoms with Gasteiger partial charge in [0.2, 0.25) is 0 Å². The Kier molecular flexibility index (Phi) is 4.13. The molecule has 3 rings (SSSR count). The maximum Gasteiger partial charge on any atom is 0.257 e. The Labute approximate surface area is 140 Å². The molecule has 1 aromatic heterocycles. The van der Waals surface area contributed by atoms with Gasteiger partial charge >= 0.3 is 0 Å². The van der Waals surface area contributed by atoms with E-state index in [9.17, 15) is 4.79 Å². The Balaban J connectivity index is 1.89. The van der Waals surface area contributed by atoms with Gasteiger partial charge < -0.3 is 4.90 Å². The third-order valence-electron chi connectivity index (χ3n) is 3.20. The average Bonchev–Trinajstić information content (AvgIpc) is 2.89. The SMILES string of the molecule is CN(C)c1cccc2nc(NC(=O)c3ccc(Br)cc3)sc12. The largest absolute Gasteiger partial charge is 0.376 e. The number of hydrogen-bond acceptors (Lipinski definition) is 4. The summed E-state index contributed by atoms with van der Waals surface area (Å²) in [5.74, 6) is -0.155. The number of nitrogens with one attached hydrogen (secondary N) is 1. The highest BCUT2D eigenvalue weighted by Gasteiger charge is 2.12. The molecule has 6 heteroatoms. The second-order valence-electron chi connectivity index (χ2n) is 5.00. The van der Waals surface area contributed by atoms with Gasteiger partial charge in [-0.05, 0) is 36.4 Å². The minimum absolute atomic E-state index is 0.155. The molecule has 0 saturated heterocycles. The number of amides is 1. The van der Waals surface area contributed by atoms with Crippen LogP contribution in [0, 0.1) is 0 Å². The summed E-state index contributed by atoms with van der Waals surface area (Å²) < 4.78 is 2.01. The fourth-order valence-electron chi connectivity index (χ4n) is 2.11. The van der Waals surface area contributed by atoms with Crippen molar-refractivity contribution in [3.63, 3.8) is 0 Å². The normalized spacial score (nSPS) is 10.7. The molecule has 0 aliphatic carbocycles. The summed E-state index contributed by atoms with van der Waals surface area (Å²) in [4.78, 5) is 18.8. The van der Waals surface area contributed by atoms with Gasteiger partial charge in [0.05, 0.1) is 15.9 Å². The quantitative estimate of drug-likeness (QED) is 0.738. The van der Waals surface area contributed by atoms with Gasteiger partial charge in [-0.1, -0.05) is 33.3 Å². The van der Waals surface area contributed by atoms with Crippen LogP contribution in [0.3, 0.4) is 0 Å². The number of carbonyl (C=O) groups is 1. The van der Waals surface area contributed by atoms with Crippen molar-refractivity contribution in [1.29, 1.82) is 0 Å². The number of anilines is 2. The standard InChI is InChI=1S/C16H14BrN3OS/c1-20(2)13-5-3-4-12-14(13)22-16(18-12)19-15(21)10-6-8-11(17)9-7-10/h3-9H,1-2H3,(H,18,19,21). The first-order valence-electron chi connectivity index (χ1n) is 6.68. The van der Waals surface area contributed by atoms with Crippen LogP contribution in [0.5, 0.6) is 0 Å². The van der Waals surface area contributed by atoms with E-state index in [-0.39, 0.29) is 5.91 Å². The van der Waals surface area contributed by atoms with Gasteiger partial charge in [0.25, 0.3) is 5.91 Å². The molecule has 1 N–H and O–H groups in total. The van der Waals surface area contributed by atoms with E-state index in [0.717, 1.165) is 20.4 Å². The second-order valence-corrected chi connectivity index (χ2v) is 6.91. The molecular weight excluding hydrogens is 362 g/mol. The molecule has 1 amide bonds. The minimum atomic E-state index is -0.155. The van der Waals surface area contributed by atoms with Gasteiger partial charge in [0.15, 0.2) is 5.13 Å². The molecule has 0 aliphatic heterocycles. The van der Waals surface area contributed by atoms with Crippen molar-refractivity contribution in [2.24, 2.45) is 0 Å². The number of benzene rings is 2. The van der Waals surface area contributed by atoms with E-state index >= 15 is 0 Å². The van der Waals surface area contributed by atoms with Gasteiger partial charge in [-0.3, -0.25) is 10.1 Å². The summed E-state index contributed by atoms with van der Waals surface area (Å²) in [5.41, 5.74) is 2.59. The van der Waals surface area contributed by atoms with Crippen LogP contribution in [0.1, 0.15) is 10.4 Å². The topological polar surface area (TPSA) is 45.2 Å². The van der Waals surface area contributed by atoms with Crippen LogP contribution in [0.2, 0.25) is 0 Å². The van der Waals surface area contributed by atoms with Gasteiger partial charge in [0.1, 0.15) is 0 Å². The number of nitrogens with zero attached hydrogens (tertiary/aromatic N) is 2. The Morgan fingerprint density at radius 3 is 2.59 bits per heavy atom. The number of carbonyl (C=O) groups excluding carboxylic acids is 1. The molecule has 0 fully saturated rings. The molecule has 112 valence electrons. The number of rotatable bonds is 3. The van der Waals surface area contributed by atoms with E-state index < -0.39 is 0 Å². The molecular formula is C16H14BrN3OS. The highest BCUT2D eigenvalue weighted by Crippen LogP contribution is 2.33. The molecule has 22 heavy (non-hydrogen) atoms. The van der Waals surface area contributed by atoms with Crippen molar-refractivity contribution in [3.05, 3.63) is 52.5 Å². The summed E-state index contributed by atoms with van der Waals surface area (Å²) in [5, 5.41) is 3.48. The zero-order valence-corrected chi connectivity index (χ0v) is 14.5. The average molecular weight is 376 g/mol. The molecule has 0 spiro atoms. The molecule has 3 aromatic rings. The Morgan fingerprint density at radius 1 is 1.18 bits per heavy atom. The van der Waals surface area contributed by atoms with E-state index in [1.165, 1.54) is 11.3 Å². The molecule has 0 atom stereocenters. The van der Waals surface area contributed by atoms with Crippen LogP contribution in [-0.2, 0) is 0 Å². The highest BCUT2D eigenvalue weighted by atomic mass is 79.9. The van der Waals surface area contributed by atoms with E-state index in [4.69, 9.17) is 0 Å². The van der Waals surface area contributed by atoms with Crippen molar-refractivity contribution in [2.75, 3.05) is 24.3 Å². The van der Waals surface area contributed by atoms with Crippen molar-refractivity contribution in [3.8, 4) is 0 Å². The smallest absolute Gasteiger partial charge is 0.257 e. The van der Waals surface area contributed by atoms with Crippen LogP contribution in [-0.4, -0.2) is 25.0 Å². The lowest BCUT2D eigenvalue weighted by atomic mass is 10.2. The van der Waals surface area contributed by atoms with Crippen LogP contribution in [0.25, 0.3) is 10.2 Å². The number of halogens is 1. The lowest BCUT2D eigenvalue weighted by molar-refractivity contribution is 0.102.